The summed E-state index contributed by atoms with van der Waals surface area (Å²) in [5.41, 5.74) is 2.68. The Morgan fingerprint density at radius 3 is 1.58 bits per heavy atom. The molecular weight excluding hydrogens is 154 g/mol. The van der Waals surface area contributed by atoms with Crippen LogP contribution in [0.2, 0.25) is 0 Å². The summed E-state index contributed by atoms with van der Waals surface area (Å²) in [6.45, 7) is 3.65. The Morgan fingerprint density at radius 1 is 1.00 bits per heavy atom. The molecule has 0 N–H and O–H groups in total. The molecule has 0 atom stereocenters. The predicted octanol–water partition coefficient (Wildman–Crippen LogP) is 1.27. The Labute approximate surface area is 71.0 Å². The molecule has 1 aromatic rings. The topological polar surface area (TPSA) is 39.1 Å². The van der Waals surface area contributed by atoms with E-state index in [1.165, 1.54) is 0 Å². The average Bonchev–Trinajstić information content (AvgIpc) is 2.29. The maximum atomic E-state index is 10.6. The van der Waals surface area contributed by atoms with Gasteiger partial charge in [-0.05, 0) is 13.8 Å². The van der Waals surface area contributed by atoms with Crippen LogP contribution >= 0.6 is 0 Å². The van der Waals surface area contributed by atoms with Gasteiger partial charge in [-0.3, -0.25) is 9.59 Å². The molecule has 0 aliphatic carbocycles. The van der Waals surface area contributed by atoms with Gasteiger partial charge >= 0.3 is 0 Å². The van der Waals surface area contributed by atoms with E-state index in [1.54, 1.807) is 0 Å². The highest BCUT2D eigenvalue weighted by atomic mass is 16.1. The molecule has 1 aromatic heterocycles. The van der Waals surface area contributed by atoms with Crippen molar-refractivity contribution >= 4 is 12.6 Å². The van der Waals surface area contributed by atoms with Gasteiger partial charge < -0.3 is 4.57 Å². The van der Waals surface area contributed by atoms with E-state index in [1.807, 2.05) is 25.5 Å². The van der Waals surface area contributed by atoms with Crippen molar-refractivity contribution in [3.05, 3.63) is 22.5 Å². The van der Waals surface area contributed by atoms with Crippen LogP contribution in [-0.2, 0) is 7.05 Å². The van der Waals surface area contributed by atoms with Gasteiger partial charge in [0.1, 0.15) is 0 Å². The van der Waals surface area contributed by atoms with Crippen LogP contribution in [-0.4, -0.2) is 17.1 Å². The smallest absolute Gasteiger partial charge is 0.152 e. The normalized spacial score (nSPS) is 9.92. The molecule has 64 valence electrons. The second-order valence-electron chi connectivity index (χ2n) is 2.79. The van der Waals surface area contributed by atoms with Crippen molar-refractivity contribution in [1.29, 1.82) is 0 Å². The predicted molar refractivity (Wildman–Crippen MR) is 45.7 cm³/mol. The zero-order valence-electron chi connectivity index (χ0n) is 7.42. The van der Waals surface area contributed by atoms with Gasteiger partial charge in [-0.15, -0.1) is 0 Å². The number of hydrogen-bond donors (Lipinski definition) is 0. The van der Waals surface area contributed by atoms with Crippen LogP contribution in [0.15, 0.2) is 0 Å². The molecule has 3 nitrogen and oxygen atoms in total. The molecule has 0 amide bonds. The molecule has 0 fully saturated rings. The van der Waals surface area contributed by atoms with Crippen LogP contribution in [0, 0.1) is 13.8 Å². The molecule has 0 aliphatic heterocycles. The molecule has 0 bridgehead atoms. The van der Waals surface area contributed by atoms with Crippen LogP contribution in [0.3, 0.4) is 0 Å². The summed E-state index contributed by atoms with van der Waals surface area (Å²) < 4.78 is 1.84. The molecule has 0 saturated heterocycles. The molecule has 3 heteroatoms. The lowest BCUT2D eigenvalue weighted by Gasteiger charge is -1.97. The van der Waals surface area contributed by atoms with Gasteiger partial charge in [0.15, 0.2) is 12.6 Å². The lowest BCUT2D eigenvalue weighted by molar-refractivity contribution is 0.109. The van der Waals surface area contributed by atoms with Gasteiger partial charge in [0.2, 0.25) is 0 Å². The van der Waals surface area contributed by atoms with Gasteiger partial charge in [-0.2, -0.15) is 0 Å². The maximum absolute atomic E-state index is 10.6. The van der Waals surface area contributed by atoms with Crippen LogP contribution in [0.4, 0.5) is 0 Å². The summed E-state index contributed by atoms with van der Waals surface area (Å²) >= 11 is 0. The van der Waals surface area contributed by atoms with Crippen molar-refractivity contribution in [2.45, 2.75) is 13.8 Å². The van der Waals surface area contributed by atoms with E-state index >= 15 is 0 Å². The molecule has 0 unspecified atom stereocenters. The molecule has 12 heavy (non-hydrogen) atoms. The summed E-state index contributed by atoms with van der Waals surface area (Å²) in [5, 5.41) is 0. The van der Waals surface area contributed by atoms with E-state index in [0.29, 0.717) is 11.1 Å². The SMILES string of the molecule is Cc1c(C=O)c(C=O)c(C)n1C. The summed E-state index contributed by atoms with van der Waals surface area (Å²) in [6.07, 6.45) is 1.46. The molecule has 0 aliphatic rings. The first-order valence-electron chi connectivity index (χ1n) is 3.69. The standard InChI is InChI=1S/C9H11NO2/c1-6-8(4-11)9(5-12)7(2)10(6)3/h4-5H,1-3H3. The van der Waals surface area contributed by atoms with E-state index in [0.717, 1.165) is 24.0 Å². The quantitative estimate of drug-likeness (QED) is 0.619. The van der Waals surface area contributed by atoms with Crippen molar-refractivity contribution in [1.82, 2.24) is 4.57 Å². The van der Waals surface area contributed by atoms with E-state index in [4.69, 9.17) is 0 Å². The molecular formula is C9H11NO2. The minimum Gasteiger partial charge on any atom is -0.351 e. The highest BCUT2D eigenvalue weighted by Crippen LogP contribution is 2.16. The number of aromatic nitrogens is 1. The first-order valence-corrected chi connectivity index (χ1v) is 3.69. The van der Waals surface area contributed by atoms with Crippen molar-refractivity contribution < 1.29 is 9.59 Å². The number of hydrogen-bond acceptors (Lipinski definition) is 2. The summed E-state index contributed by atoms with van der Waals surface area (Å²) in [4.78, 5) is 21.2. The monoisotopic (exact) mass is 165 g/mol. The number of rotatable bonds is 2. The van der Waals surface area contributed by atoms with E-state index in [9.17, 15) is 9.59 Å². The third kappa shape index (κ3) is 0.978. The number of carbonyl (C=O) groups excluding carboxylic acids is 2. The number of aldehydes is 2. The van der Waals surface area contributed by atoms with Crippen molar-refractivity contribution in [2.75, 3.05) is 0 Å². The lowest BCUT2D eigenvalue weighted by atomic mass is 10.1. The zero-order valence-corrected chi connectivity index (χ0v) is 7.42. The second kappa shape index (κ2) is 2.93. The van der Waals surface area contributed by atoms with Crippen LogP contribution in [0.1, 0.15) is 32.1 Å². The minimum atomic E-state index is 0.505. The molecule has 0 radical (unpaired) electrons. The number of carbonyl (C=O) groups is 2. The second-order valence-corrected chi connectivity index (χ2v) is 2.79. The summed E-state index contributed by atoms with van der Waals surface area (Å²) in [7, 11) is 1.84. The lowest BCUT2D eigenvalue weighted by Crippen LogP contribution is -1.93. The van der Waals surface area contributed by atoms with Crippen molar-refractivity contribution in [3.63, 3.8) is 0 Å². The first-order chi connectivity index (χ1) is 5.63. The van der Waals surface area contributed by atoms with Crippen LogP contribution in [0.25, 0.3) is 0 Å². The van der Waals surface area contributed by atoms with Gasteiger partial charge in [-0.1, -0.05) is 0 Å². The molecule has 0 aromatic carbocycles. The summed E-state index contributed by atoms with van der Waals surface area (Å²) in [6, 6.07) is 0. The largest absolute Gasteiger partial charge is 0.351 e. The zero-order chi connectivity index (χ0) is 9.30. The van der Waals surface area contributed by atoms with E-state index in [2.05, 4.69) is 0 Å². The Bertz CT molecular complexity index is 305. The fourth-order valence-electron chi connectivity index (χ4n) is 1.30. The fraction of sp³-hybridized carbons (Fsp3) is 0.333. The van der Waals surface area contributed by atoms with Crippen LogP contribution < -0.4 is 0 Å². The van der Waals surface area contributed by atoms with Gasteiger partial charge in [0.25, 0.3) is 0 Å². The van der Waals surface area contributed by atoms with E-state index in [-0.39, 0.29) is 0 Å². The van der Waals surface area contributed by atoms with Crippen molar-refractivity contribution in [2.24, 2.45) is 7.05 Å². The third-order valence-electron chi connectivity index (χ3n) is 2.31. The minimum absolute atomic E-state index is 0.505. The summed E-state index contributed by atoms with van der Waals surface area (Å²) in [5.74, 6) is 0. The fourth-order valence-corrected chi connectivity index (χ4v) is 1.30. The van der Waals surface area contributed by atoms with Gasteiger partial charge in [0, 0.05) is 29.6 Å². The van der Waals surface area contributed by atoms with Gasteiger partial charge in [-0.25, -0.2) is 0 Å². The molecule has 1 heterocycles. The van der Waals surface area contributed by atoms with E-state index < -0.39 is 0 Å². The molecule has 0 saturated carbocycles. The van der Waals surface area contributed by atoms with Crippen molar-refractivity contribution in [3.8, 4) is 0 Å². The Kier molecular flexibility index (Phi) is 2.13. The molecule has 0 spiro atoms. The van der Waals surface area contributed by atoms with Gasteiger partial charge in [0.05, 0.1) is 0 Å². The maximum Gasteiger partial charge on any atom is 0.152 e. The Hall–Kier alpha value is -1.38. The highest BCUT2D eigenvalue weighted by Gasteiger charge is 2.13. The average molecular weight is 165 g/mol. The highest BCUT2D eigenvalue weighted by molar-refractivity contribution is 5.92. The van der Waals surface area contributed by atoms with Crippen LogP contribution in [0.5, 0.6) is 0 Å². The Balaban J connectivity index is 3.54. The number of nitrogens with zero attached hydrogens (tertiary/aromatic N) is 1. The first kappa shape index (κ1) is 8.71. The third-order valence-corrected chi connectivity index (χ3v) is 2.31. The Morgan fingerprint density at radius 2 is 1.33 bits per heavy atom. The molecule has 1 rings (SSSR count).